The number of hydrogen-bond donors (Lipinski definition) is 1. The summed E-state index contributed by atoms with van der Waals surface area (Å²) >= 11 is 0. The number of aliphatic hydroxyl groups excluding tert-OH is 1. The van der Waals surface area contributed by atoms with Crippen molar-refractivity contribution in [2.75, 3.05) is 6.61 Å². The molecule has 0 aromatic heterocycles. The van der Waals surface area contributed by atoms with Gasteiger partial charge in [-0.3, -0.25) is 0 Å². The van der Waals surface area contributed by atoms with E-state index in [9.17, 15) is 0 Å². The fourth-order valence-electron chi connectivity index (χ4n) is 2.73. The van der Waals surface area contributed by atoms with E-state index in [0.29, 0.717) is 12.5 Å². The van der Waals surface area contributed by atoms with E-state index < -0.39 is 0 Å². The van der Waals surface area contributed by atoms with Crippen molar-refractivity contribution < 1.29 is 5.11 Å². The Hall–Kier alpha value is -0.300. The molecule has 1 aliphatic rings. The highest BCUT2D eigenvalue weighted by atomic mass is 16.2. The predicted octanol–water partition coefficient (Wildman–Crippen LogP) is 4.27. The van der Waals surface area contributed by atoms with E-state index in [1.807, 2.05) is 13.8 Å². The molecule has 1 nitrogen and oxygen atoms in total. The molecule has 3 atom stereocenters. The van der Waals surface area contributed by atoms with Crippen LogP contribution in [0, 0.1) is 23.7 Å². The topological polar surface area (TPSA) is 20.2 Å². The number of aliphatic hydroxyl groups is 1. The van der Waals surface area contributed by atoms with Gasteiger partial charge in [0.05, 0.1) is 0 Å². The highest BCUT2D eigenvalue weighted by molar-refractivity contribution is 5.12. The Morgan fingerprint density at radius 2 is 1.88 bits per heavy atom. The highest BCUT2D eigenvalue weighted by Gasteiger charge is 2.29. The van der Waals surface area contributed by atoms with Crippen LogP contribution in [0.2, 0.25) is 0 Å². The Morgan fingerprint density at radius 3 is 2.31 bits per heavy atom. The largest absolute Gasteiger partial charge is 0.396 e. The van der Waals surface area contributed by atoms with Crippen LogP contribution in [0.1, 0.15) is 54.4 Å². The molecule has 0 saturated carbocycles. The first kappa shape index (κ1) is 15.7. The molecule has 0 spiro atoms. The normalized spacial score (nSPS) is 29.5. The smallest absolute Gasteiger partial charge is 0.0468 e. The lowest BCUT2D eigenvalue weighted by atomic mass is 9.69. The summed E-state index contributed by atoms with van der Waals surface area (Å²) in [4.78, 5) is 0. The summed E-state index contributed by atoms with van der Waals surface area (Å²) in [7, 11) is 0. The van der Waals surface area contributed by atoms with Crippen LogP contribution in [-0.2, 0) is 0 Å². The van der Waals surface area contributed by atoms with Crippen LogP contribution in [0.25, 0.3) is 0 Å². The first-order valence-electron chi connectivity index (χ1n) is 6.87. The minimum atomic E-state index is 0.301. The number of hydrogen-bond acceptors (Lipinski definition) is 1. The van der Waals surface area contributed by atoms with Gasteiger partial charge in [0.15, 0.2) is 0 Å². The van der Waals surface area contributed by atoms with Crippen LogP contribution >= 0.6 is 0 Å². The van der Waals surface area contributed by atoms with Gasteiger partial charge >= 0.3 is 0 Å². The van der Waals surface area contributed by atoms with Gasteiger partial charge in [0.2, 0.25) is 0 Å². The van der Waals surface area contributed by atoms with Gasteiger partial charge in [-0.2, -0.15) is 0 Å². The molecule has 0 radical (unpaired) electrons. The fraction of sp³-hybridized carbons (Fsp3) is 0.867. The van der Waals surface area contributed by atoms with Gasteiger partial charge in [-0.05, 0) is 36.5 Å². The third-order valence-electron chi connectivity index (χ3n) is 3.96. The molecule has 1 heteroatoms. The molecule has 0 heterocycles. The summed E-state index contributed by atoms with van der Waals surface area (Å²) in [6, 6.07) is 0. The Labute approximate surface area is 102 Å². The maximum absolute atomic E-state index is 8.96. The van der Waals surface area contributed by atoms with Gasteiger partial charge in [0, 0.05) is 6.61 Å². The molecule has 0 aromatic rings. The second-order valence-corrected chi connectivity index (χ2v) is 5.04. The molecule has 0 aromatic carbocycles. The average molecular weight is 226 g/mol. The van der Waals surface area contributed by atoms with Crippen molar-refractivity contribution in [3.8, 4) is 0 Å². The first-order valence-corrected chi connectivity index (χ1v) is 6.87. The van der Waals surface area contributed by atoms with Crippen molar-refractivity contribution in [2.24, 2.45) is 23.7 Å². The van der Waals surface area contributed by atoms with Gasteiger partial charge in [0.1, 0.15) is 0 Å². The molecule has 1 N–H and O–H groups in total. The van der Waals surface area contributed by atoms with Gasteiger partial charge in [-0.25, -0.2) is 0 Å². The van der Waals surface area contributed by atoms with Gasteiger partial charge < -0.3 is 5.11 Å². The van der Waals surface area contributed by atoms with E-state index in [1.165, 1.54) is 12.0 Å². The van der Waals surface area contributed by atoms with Crippen molar-refractivity contribution in [3.63, 3.8) is 0 Å². The zero-order chi connectivity index (χ0) is 12.7. The molecule has 96 valence electrons. The summed E-state index contributed by atoms with van der Waals surface area (Å²) in [5.74, 6) is 3.02. The maximum Gasteiger partial charge on any atom is 0.0468 e. The lowest BCUT2D eigenvalue weighted by Gasteiger charge is -2.36. The van der Waals surface area contributed by atoms with Crippen molar-refractivity contribution in [3.05, 3.63) is 11.6 Å². The average Bonchev–Trinajstić information content (AvgIpc) is 2.27. The minimum absolute atomic E-state index is 0.301. The Morgan fingerprint density at radius 1 is 1.31 bits per heavy atom. The van der Waals surface area contributed by atoms with E-state index in [0.717, 1.165) is 24.2 Å². The van der Waals surface area contributed by atoms with E-state index in [1.54, 1.807) is 0 Å². The molecule has 0 bridgehead atoms. The van der Waals surface area contributed by atoms with Gasteiger partial charge in [-0.1, -0.05) is 53.2 Å². The third kappa shape index (κ3) is 3.93. The van der Waals surface area contributed by atoms with Crippen LogP contribution in [0.4, 0.5) is 0 Å². The van der Waals surface area contributed by atoms with E-state index in [4.69, 9.17) is 5.11 Å². The van der Waals surface area contributed by atoms with Crippen LogP contribution in [0.5, 0.6) is 0 Å². The van der Waals surface area contributed by atoms with E-state index >= 15 is 0 Å². The molecule has 0 aliphatic heterocycles. The molecule has 16 heavy (non-hydrogen) atoms. The lowest BCUT2D eigenvalue weighted by Crippen LogP contribution is -2.28. The molecule has 0 fully saturated rings. The van der Waals surface area contributed by atoms with E-state index in [-0.39, 0.29) is 0 Å². The van der Waals surface area contributed by atoms with Crippen molar-refractivity contribution >= 4 is 0 Å². The molecule has 0 amide bonds. The summed E-state index contributed by atoms with van der Waals surface area (Å²) in [5, 5.41) is 8.96. The molecular formula is C15H30O. The quantitative estimate of drug-likeness (QED) is 0.713. The highest BCUT2D eigenvalue weighted by Crippen LogP contribution is 2.39. The Balaban J connectivity index is 0.00000106. The summed E-state index contributed by atoms with van der Waals surface area (Å²) in [6.07, 6.45) is 4.44. The summed E-state index contributed by atoms with van der Waals surface area (Å²) in [6.45, 7) is 13.6. The van der Waals surface area contributed by atoms with Gasteiger partial charge in [-0.15, -0.1) is 0 Å². The second-order valence-electron chi connectivity index (χ2n) is 5.04. The maximum atomic E-state index is 8.96. The van der Waals surface area contributed by atoms with Crippen molar-refractivity contribution in [1.82, 2.24) is 0 Å². The van der Waals surface area contributed by atoms with Crippen LogP contribution in [0.15, 0.2) is 11.6 Å². The third-order valence-corrected chi connectivity index (χ3v) is 3.96. The van der Waals surface area contributed by atoms with Crippen LogP contribution in [0.3, 0.4) is 0 Å². The molecule has 1 aliphatic carbocycles. The molecule has 0 saturated heterocycles. The van der Waals surface area contributed by atoms with Crippen molar-refractivity contribution in [2.45, 2.75) is 54.4 Å². The first-order chi connectivity index (χ1) is 7.57. The Bertz CT molecular complexity index is 205. The Kier molecular flexibility index (Phi) is 7.74. The lowest BCUT2D eigenvalue weighted by molar-refractivity contribution is 0.200. The van der Waals surface area contributed by atoms with E-state index in [2.05, 4.69) is 33.8 Å². The van der Waals surface area contributed by atoms with Crippen molar-refractivity contribution in [1.29, 1.82) is 0 Å². The standard InChI is InChI=1S/C13H24O.C2H6/c1-9(2)13-6-5-12(7-8-14)10(3)11(13)4;1-2/h5,9-11,13-14H,6-8H2,1-4H3;1-2H3. The minimum Gasteiger partial charge on any atom is -0.396 e. The zero-order valence-electron chi connectivity index (χ0n) is 12.0. The SMILES string of the molecule is CC.CC(C)C1CC=C(CCO)C(C)C1C. The van der Waals surface area contributed by atoms with Crippen LogP contribution in [-0.4, -0.2) is 11.7 Å². The predicted molar refractivity (Wildman–Crippen MR) is 72.4 cm³/mol. The van der Waals surface area contributed by atoms with Crippen LogP contribution < -0.4 is 0 Å². The molecular weight excluding hydrogens is 196 g/mol. The molecule has 1 rings (SSSR count). The number of allylic oxidation sites excluding steroid dienone is 1. The fourth-order valence-corrected chi connectivity index (χ4v) is 2.73. The van der Waals surface area contributed by atoms with Gasteiger partial charge in [0.25, 0.3) is 0 Å². The molecule has 3 unspecified atom stereocenters. The summed E-state index contributed by atoms with van der Waals surface area (Å²) < 4.78 is 0. The second kappa shape index (κ2) is 7.89. The number of rotatable bonds is 3. The zero-order valence-corrected chi connectivity index (χ0v) is 12.0. The summed E-state index contributed by atoms with van der Waals surface area (Å²) in [5.41, 5.74) is 1.47. The monoisotopic (exact) mass is 226 g/mol.